The zero-order valence-corrected chi connectivity index (χ0v) is 18.5. The summed E-state index contributed by atoms with van der Waals surface area (Å²) in [5.41, 5.74) is 1.79. The van der Waals surface area contributed by atoms with Crippen molar-refractivity contribution in [2.24, 2.45) is 5.10 Å². The Kier molecular flexibility index (Phi) is 6.19. The first-order chi connectivity index (χ1) is 14.9. The van der Waals surface area contributed by atoms with Crippen LogP contribution >= 0.6 is 23.7 Å². The second-order valence-electron chi connectivity index (χ2n) is 7.56. The lowest BCUT2D eigenvalue weighted by molar-refractivity contribution is -0.141. The molecule has 1 aromatic carbocycles. The molecule has 0 saturated heterocycles. The number of carboxylic acids is 1. The largest absolute Gasteiger partial charge is 0.509 e. The van der Waals surface area contributed by atoms with Crippen molar-refractivity contribution < 1.29 is 24.9 Å². The number of carboxylic acid groups (broad SMARTS) is 1. The average molecular weight is 462 g/mol. The van der Waals surface area contributed by atoms with Crippen LogP contribution in [0, 0.1) is 0 Å². The fraction of sp³-hybridized carbons (Fsp3) is 0.381. The van der Waals surface area contributed by atoms with Gasteiger partial charge in [0.15, 0.2) is 0 Å². The fourth-order valence-corrected chi connectivity index (χ4v) is 5.85. The second-order valence-corrected chi connectivity index (χ2v) is 9.40. The van der Waals surface area contributed by atoms with Crippen LogP contribution in [0.4, 0.5) is 0 Å². The number of phenolic OH excluding ortho intramolecular Hbond substituents is 1. The van der Waals surface area contributed by atoms with Crippen molar-refractivity contribution in [1.29, 1.82) is 0 Å². The van der Waals surface area contributed by atoms with E-state index in [1.54, 1.807) is 22.8 Å². The molecule has 4 N–H and O–H groups in total. The van der Waals surface area contributed by atoms with Gasteiger partial charge in [-0.1, -0.05) is 12.1 Å². The van der Waals surface area contributed by atoms with Gasteiger partial charge in [-0.25, -0.2) is 9.21 Å². The minimum Gasteiger partial charge on any atom is -0.509 e. The third-order valence-electron chi connectivity index (χ3n) is 5.53. The molecule has 3 aliphatic rings. The van der Waals surface area contributed by atoms with Gasteiger partial charge in [0.05, 0.1) is 0 Å². The fourth-order valence-electron chi connectivity index (χ4n) is 3.98. The van der Waals surface area contributed by atoms with E-state index in [-0.39, 0.29) is 23.5 Å². The van der Waals surface area contributed by atoms with E-state index in [0.717, 1.165) is 31.3 Å². The van der Waals surface area contributed by atoms with Crippen molar-refractivity contribution in [1.82, 2.24) is 9.73 Å². The van der Waals surface area contributed by atoms with Crippen molar-refractivity contribution >= 4 is 40.6 Å². The number of hydrazone groups is 1. The number of amides is 1. The Balaban J connectivity index is 1.59. The number of phenols is 1. The predicted octanol–water partition coefficient (Wildman–Crippen LogP) is 3.17. The molecule has 10 heteroatoms. The molecule has 2 heterocycles. The molecule has 0 radical (unpaired) electrons. The lowest BCUT2D eigenvalue weighted by Crippen LogP contribution is -2.45. The molecule has 0 bridgehead atoms. The number of carbonyl (C=O) groups excluding carboxylic acids is 1. The van der Waals surface area contributed by atoms with Gasteiger partial charge in [-0.15, -0.1) is 11.8 Å². The molecule has 1 aromatic rings. The number of aromatic hydroxyl groups is 1. The molecule has 1 aliphatic carbocycles. The highest BCUT2D eigenvalue weighted by Crippen LogP contribution is 2.49. The molecule has 0 saturated carbocycles. The zero-order chi connectivity index (χ0) is 22.1. The Labute approximate surface area is 188 Å². The molecule has 2 aliphatic heterocycles. The first kappa shape index (κ1) is 21.6. The number of fused-ring (bicyclic) bond motifs is 2. The molecule has 8 nitrogen and oxygen atoms in total. The van der Waals surface area contributed by atoms with E-state index in [9.17, 15) is 24.9 Å². The number of hydrogen-bond acceptors (Lipinski definition) is 8. The third-order valence-corrected chi connectivity index (χ3v) is 7.37. The maximum Gasteiger partial charge on any atom is 0.326 e. The lowest BCUT2D eigenvalue weighted by atomic mass is 9.91. The summed E-state index contributed by atoms with van der Waals surface area (Å²) in [4.78, 5) is 26.1. The molecule has 0 spiro atoms. The van der Waals surface area contributed by atoms with Crippen LogP contribution in [-0.4, -0.2) is 55.0 Å². The zero-order valence-electron chi connectivity index (χ0n) is 16.9. The Morgan fingerprint density at radius 2 is 1.97 bits per heavy atom. The molecule has 31 heavy (non-hydrogen) atoms. The molecule has 2 unspecified atom stereocenters. The summed E-state index contributed by atoms with van der Waals surface area (Å²) in [5.74, 6) is -1.85. The van der Waals surface area contributed by atoms with Gasteiger partial charge in [0.25, 0.3) is 5.91 Å². The smallest absolute Gasteiger partial charge is 0.326 e. The summed E-state index contributed by atoms with van der Waals surface area (Å²) in [6, 6.07) is 4.47. The van der Waals surface area contributed by atoms with Gasteiger partial charge < -0.3 is 20.6 Å². The van der Waals surface area contributed by atoms with E-state index in [0.29, 0.717) is 10.6 Å². The summed E-state index contributed by atoms with van der Waals surface area (Å²) in [6.45, 7) is 0. The van der Waals surface area contributed by atoms with E-state index in [1.165, 1.54) is 40.7 Å². The quantitative estimate of drug-likeness (QED) is 0.493. The molecular formula is C21H23N3O5S2. The number of allylic oxidation sites excluding steroid dienone is 1. The van der Waals surface area contributed by atoms with Crippen LogP contribution in [0.25, 0.3) is 0 Å². The second kappa shape index (κ2) is 8.88. The SMILES string of the molecule is CSC1=NN2SC3=C(CCCC3)C2C(O)=C1C(=O)NC(Cc1ccc(O)cc1)C(=O)O. The Morgan fingerprint density at radius 1 is 1.26 bits per heavy atom. The Bertz CT molecular complexity index is 1000. The topological polar surface area (TPSA) is 122 Å². The number of benzene rings is 1. The third kappa shape index (κ3) is 4.27. The van der Waals surface area contributed by atoms with Gasteiger partial charge in [0.1, 0.15) is 34.2 Å². The lowest BCUT2D eigenvalue weighted by Gasteiger charge is -2.29. The van der Waals surface area contributed by atoms with Crippen molar-refractivity contribution in [3.05, 3.63) is 51.6 Å². The number of aliphatic carboxylic acids is 1. The van der Waals surface area contributed by atoms with Gasteiger partial charge in [0, 0.05) is 23.3 Å². The molecule has 0 aromatic heterocycles. The highest BCUT2D eigenvalue weighted by molar-refractivity contribution is 8.14. The molecule has 164 valence electrons. The van der Waals surface area contributed by atoms with E-state index < -0.39 is 24.0 Å². The van der Waals surface area contributed by atoms with Crippen LogP contribution in [0.5, 0.6) is 5.75 Å². The van der Waals surface area contributed by atoms with Crippen LogP contribution in [0.3, 0.4) is 0 Å². The summed E-state index contributed by atoms with van der Waals surface area (Å²) in [6.07, 6.45) is 5.73. The number of aliphatic hydroxyl groups excluding tert-OH is 1. The van der Waals surface area contributed by atoms with Crippen molar-refractivity contribution in [3.8, 4) is 5.75 Å². The minimum absolute atomic E-state index is 0.0330. The van der Waals surface area contributed by atoms with Crippen LogP contribution in [0.15, 0.2) is 51.2 Å². The molecule has 2 atom stereocenters. The number of nitrogens with one attached hydrogen (secondary N) is 1. The Hall–Kier alpha value is -2.59. The standard InChI is InChI=1S/C21H23N3O5S2/c1-30-20-16(18(26)17-13-4-2-3-5-15(13)31-24(17)23-20)19(27)22-14(21(28)29)10-11-6-8-12(25)9-7-11/h6-9,14,17,25-26H,2-5,10H2,1H3,(H,22,27)(H,28,29). The normalized spacial score (nSPS) is 21.4. The number of rotatable bonds is 5. The van der Waals surface area contributed by atoms with Crippen molar-refractivity contribution in [2.45, 2.75) is 44.2 Å². The minimum atomic E-state index is -1.19. The number of hydrogen-bond donors (Lipinski definition) is 4. The van der Waals surface area contributed by atoms with E-state index in [2.05, 4.69) is 10.4 Å². The first-order valence-corrected chi connectivity index (χ1v) is 12.0. The molecular weight excluding hydrogens is 438 g/mol. The highest BCUT2D eigenvalue weighted by Gasteiger charge is 2.43. The maximum absolute atomic E-state index is 13.1. The summed E-state index contributed by atoms with van der Waals surface area (Å²) in [7, 11) is 0. The van der Waals surface area contributed by atoms with Crippen LogP contribution in [-0.2, 0) is 16.0 Å². The van der Waals surface area contributed by atoms with Gasteiger partial charge in [-0.05, 0) is 55.2 Å². The predicted molar refractivity (Wildman–Crippen MR) is 121 cm³/mol. The Morgan fingerprint density at radius 3 is 2.65 bits per heavy atom. The summed E-state index contributed by atoms with van der Waals surface area (Å²) >= 11 is 2.74. The highest BCUT2D eigenvalue weighted by atomic mass is 32.2. The maximum atomic E-state index is 13.1. The number of nitrogens with zero attached hydrogens (tertiary/aromatic N) is 2. The summed E-state index contributed by atoms with van der Waals surface area (Å²) in [5, 5.41) is 37.6. The van der Waals surface area contributed by atoms with Gasteiger partial charge in [-0.2, -0.15) is 5.10 Å². The molecule has 4 rings (SSSR count). The van der Waals surface area contributed by atoms with E-state index in [1.807, 2.05) is 0 Å². The molecule has 0 fully saturated rings. The van der Waals surface area contributed by atoms with Crippen LogP contribution in [0.2, 0.25) is 0 Å². The number of carbonyl (C=O) groups is 2. The summed E-state index contributed by atoms with van der Waals surface area (Å²) < 4.78 is 1.75. The van der Waals surface area contributed by atoms with Gasteiger partial charge in [-0.3, -0.25) is 4.79 Å². The average Bonchev–Trinajstić information content (AvgIpc) is 3.13. The molecule has 1 amide bonds. The van der Waals surface area contributed by atoms with Crippen molar-refractivity contribution in [2.75, 3.05) is 6.26 Å². The van der Waals surface area contributed by atoms with Crippen molar-refractivity contribution in [3.63, 3.8) is 0 Å². The van der Waals surface area contributed by atoms with Gasteiger partial charge in [0.2, 0.25) is 0 Å². The monoisotopic (exact) mass is 461 g/mol. The first-order valence-electron chi connectivity index (χ1n) is 9.95. The van der Waals surface area contributed by atoms with E-state index >= 15 is 0 Å². The van der Waals surface area contributed by atoms with Gasteiger partial charge >= 0.3 is 5.97 Å². The van der Waals surface area contributed by atoms with Crippen LogP contribution < -0.4 is 5.32 Å². The van der Waals surface area contributed by atoms with Crippen LogP contribution in [0.1, 0.15) is 31.2 Å². The van der Waals surface area contributed by atoms with E-state index in [4.69, 9.17) is 0 Å². The number of aliphatic hydroxyl groups is 1. The number of thioether (sulfide) groups is 1.